The van der Waals surface area contributed by atoms with E-state index in [0.717, 1.165) is 25.0 Å². The van der Waals surface area contributed by atoms with Gasteiger partial charge in [0.15, 0.2) is 0 Å². The third kappa shape index (κ3) is 5.61. The van der Waals surface area contributed by atoms with Crippen molar-refractivity contribution in [1.29, 1.82) is 0 Å². The van der Waals surface area contributed by atoms with Gasteiger partial charge in [0.25, 0.3) is 10.0 Å². The Morgan fingerprint density at radius 1 is 1.11 bits per heavy atom. The Kier molecular flexibility index (Phi) is 6.82. The van der Waals surface area contributed by atoms with Gasteiger partial charge in [0.05, 0.1) is 27.5 Å². The fourth-order valence-electron chi connectivity index (χ4n) is 2.83. The van der Waals surface area contributed by atoms with E-state index in [1.54, 1.807) is 24.3 Å². The summed E-state index contributed by atoms with van der Waals surface area (Å²) >= 11 is 11.7. The number of sulfonamides is 1. The molecule has 1 atom stereocenters. The molecule has 9 heteroatoms. The number of carbonyl (C=O) groups excluding carboxylic acids is 1. The minimum Gasteiger partial charge on any atom is -0.376 e. The number of anilines is 1. The summed E-state index contributed by atoms with van der Waals surface area (Å²) in [6.07, 6.45) is 2.31. The summed E-state index contributed by atoms with van der Waals surface area (Å²) in [5.41, 5.74) is 1.16. The molecule has 1 saturated heterocycles. The van der Waals surface area contributed by atoms with Gasteiger partial charge in [-0.05, 0) is 48.7 Å². The Morgan fingerprint density at radius 3 is 2.50 bits per heavy atom. The van der Waals surface area contributed by atoms with Crippen LogP contribution in [-0.2, 0) is 26.0 Å². The van der Waals surface area contributed by atoms with Gasteiger partial charge in [-0.1, -0.05) is 35.3 Å². The van der Waals surface area contributed by atoms with Gasteiger partial charge >= 0.3 is 0 Å². The van der Waals surface area contributed by atoms with Crippen LogP contribution >= 0.6 is 23.2 Å². The van der Waals surface area contributed by atoms with Crippen molar-refractivity contribution in [3.8, 4) is 0 Å². The summed E-state index contributed by atoms with van der Waals surface area (Å²) in [6.45, 7) is 1.26. The molecular formula is C19H20Cl2N2O4S. The lowest BCUT2D eigenvalue weighted by Gasteiger charge is -2.11. The maximum absolute atomic E-state index is 12.5. The van der Waals surface area contributed by atoms with Crippen LogP contribution < -0.4 is 10.0 Å². The monoisotopic (exact) mass is 442 g/mol. The van der Waals surface area contributed by atoms with E-state index >= 15 is 0 Å². The predicted octanol–water partition coefficient (Wildman–Crippen LogP) is 3.63. The number of nitrogens with one attached hydrogen (secondary N) is 2. The number of ether oxygens (including phenoxy) is 1. The normalized spacial score (nSPS) is 16.7. The van der Waals surface area contributed by atoms with Crippen molar-refractivity contribution >= 4 is 44.8 Å². The van der Waals surface area contributed by atoms with Gasteiger partial charge in [0, 0.05) is 18.8 Å². The van der Waals surface area contributed by atoms with E-state index in [4.69, 9.17) is 27.9 Å². The van der Waals surface area contributed by atoms with Crippen LogP contribution in [0.3, 0.4) is 0 Å². The second kappa shape index (κ2) is 9.13. The zero-order valence-electron chi connectivity index (χ0n) is 15.0. The Labute approximate surface area is 174 Å². The first kappa shape index (κ1) is 20.9. The van der Waals surface area contributed by atoms with E-state index in [1.807, 2.05) is 0 Å². The highest BCUT2D eigenvalue weighted by Crippen LogP contribution is 2.26. The van der Waals surface area contributed by atoms with Crippen molar-refractivity contribution < 1.29 is 17.9 Å². The molecule has 1 amide bonds. The Hall–Kier alpha value is -1.80. The second-order valence-electron chi connectivity index (χ2n) is 6.49. The van der Waals surface area contributed by atoms with Crippen molar-refractivity contribution in [2.75, 3.05) is 17.9 Å². The van der Waals surface area contributed by atoms with Gasteiger partial charge in [-0.25, -0.2) is 8.42 Å². The number of carbonyl (C=O) groups is 1. The number of amides is 1. The molecule has 3 rings (SSSR count). The molecule has 2 aromatic carbocycles. The van der Waals surface area contributed by atoms with Crippen LogP contribution in [0.5, 0.6) is 0 Å². The standard InChI is InChI=1S/C19H20Cl2N2O4S/c20-17-8-7-16(11-18(17)21)28(25,26)23-14-5-3-13(4-6-14)10-19(24)22-12-15-2-1-9-27-15/h3-8,11,15,23H,1-2,9-10,12H2,(H,22,24). The molecular weight excluding hydrogens is 423 g/mol. The molecule has 0 bridgehead atoms. The third-order valence-electron chi connectivity index (χ3n) is 4.32. The molecule has 28 heavy (non-hydrogen) atoms. The van der Waals surface area contributed by atoms with Crippen molar-refractivity contribution in [3.63, 3.8) is 0 Å². The van der Waals surface area contributed by atoms with Crippen molar-refractivity contribution in [3.05, 3.63) is 58.1 Å². The minimum atomic E-state index is -3.79. The molecule has 1 heterocycles. The summed E-state index contributed by atoms with van der Waals surface area (Å²) < 4.78 is 32.8. The van der Waals surface area contributed by atoms with E-state index in [1.165, 1.54) is 18.2 Å². The minimum absolute atomic E-state index is 0.0134. The highest BCUT2D eigenvalue weighted by atomic mass is 35.5. The van der Waals surface area contributed by atoms with Crippen LogP contribution in [0.2, 0.25) is 10.0 Å². The van der Waals surface area contributed by atoms with Gasteiger partial charge in [0.2, 0.25) is 5.91 Å². The fourth-order valence-corrected chi connectivity index (χ4v) is 4.28. The molecule has 0 aliphatic carbocycles. The first-order valence-electron chi connectivity index (χ1n) is 8.78. The highest BCUT2D eigenvalue weighted by Gasteiger charge is 2.17. The topological polar surface area (TPSA) is 84.5 Å². The van der Waals surface area contributed by atoms with Crippen LogP contribution in [0, 0.1) is 0 Å². The van der Waals surface area contributed by atoms with Crippen LogP contribution in [0.4, 0.5) is 5.69 Å². The summed E-state index contributed by atoms with van der Waals surface area (Å²) in [7, 11) is -3.79. The molecule has 1 aliphatic rings. The summed E-state index contributed by atoms with van der Waals surface area (Å²) in [5, 5.41) is 3.30. The maximum Gasteiger partial charge on any atom is 0.261 e. The van der Waals surface area contributed by atoms with Crippen molar-refractivity contribution in [2.45, 2.75) is 30.3 Å². The number of halogens is 2. The highest BCUT2D eigenvalue weighted by molar-refractivity contribution is 7.92. The van der Waals surface area contributed by atoms with Gasteiger partial charge in [-0.3, -0.25) is 9.52 Å². The molecule has 0 radical (unpaired) electrons. The van der Waals surface area contributed by atoms with Crippen LogP contribution in [0.15, 0.2) is 47.4 Å². The molecule has 1 unspecified atom stereocenters. The molecule has 1 fully saturated rings. The van der Waals surface area contributed by atoms with Crippen molar-refractivity contribution in [1.82, 2.24) is 5.32 Å². The Bertz CT molecular complexity index is 943. The van der Waals surface area contributed by atoms with Gasteiger partial charge in [-0.15, -0.1) is 0 Å². The van der Waals surface area contributed by atoms with Crippen LogP contribution in [0.25, 0.3) is 0 Å². The van der Waals surface area contributed by atoms with E-state index in [9.17, 15) is 13.2 Å². The first-order chi connectivity index (χ1) is 13.3. The number of hydrogen-bond donors (Lipinski definition) is 2. The Balaban J connectivity index is 1.57. The van der Waals surface area contributed by atoms with Gasteiger partial charge < -0.3 is 10.1 Å². The predicted molar refractivity (Wildman–Crippen MR) is 109 cm³/mol. The van der Waals surface area contributed by atoms with Crippen LogP contribution in [0.1, 0.15) is 18.4 Å². The lowest BCUT2D eigenvalue weighted by Crippen LogP contribution is -2.32. The van der Waals surface area contributed by atoms with E-state index in [2.05, 4.69) is 10.0 Å². The second-order valence-corrected chi connectivity index (χ2v) is 8.99. The molecule has 0 saturated carbocycles. The lowest BCUT2D eigenvalue weighted by atomic mass is 10.1. The molecule has 2 N–H and O–H groups in total. The number of hydrogen-bond acceptors (Lipinski definition) is 4. The van der Waals surface area contributed by atoms with Crippen LogP contribution in [-0.4, -0.2) is 33.6 Å². The van der Waals surface area contributed by atoms with Crippen molar-refractivity contribution in [2.24, 2.45) is 0 Å². The molecule has 0 aromatic heterocycles. The lowest BCUT2D eigenvalue weighted by molar-refractivity contribution is -0.120. The third-order valence-corrected chi connectivity index (χ3v) is 6.44. The number of benzene rings is 2. The average Bonchev–Trinajstić information content (AvgIpc) is 3.17. The summed E-state index contributed by atoms with van der Waals surface area (Å²) in [4.78, 5) is 12.0. The smallest absolute Gasteiger partial charge is 0.261 e. The molecule has 0 spiro atoms. The zero-order chi connectivity index (χ0) is 20.1. The fraction of sp³-hybridized carbons (Fsp3) is 0.316. The molecule has 1 aliphatic heterocycles. The zero-order valence-corrected chi connectivity index (χ0v) is 17.3. The average molecular weight is 443 g/mol. The first-order valence-corrected chi connectivity index (χ1v) is 11.0. The molecule has 150 valence electrons. The largest absolute Gasteiger partial charge is 0.376 e. The van der Waals surface area contributed by atoms with E-state index in [-0.39, 0.29) is 33.4 Å². The summed E-state index contributed by atoms with van der Waals surface area (Å²) in [5.74, 6) is -0.0976. The Morgan fingerprint density at radius 2 is 1.86 bits per heavy atom. The van der Waals surface area contributed by atoms with Gasteiger partial charge in [0.1, 0.15) is 0 Å². The molecule has 6 nitrogen and oxygen atoms in total. The maximum atomic E-state index is 12.5. The number of rotatable bonds is 7. The molecule has 2 aromatic rings. The van der Waals surface area contributed by atoms with Gasteiger partial charge in [-0.2, -0.15) is 0 Å². The quantitative estimate of drug-likeness (QED) is 0.685. The van der Waals surface area contributed by atoms with E-state index < -0.39 is 10.0 Å². The van der Waals surface area contributed by atoms with E-state index in [0.29, 0.717) is 12.2 Å². The SMILES string of the molecule is O=C(Cc1ccc(NS(=O)(=O)c2ccc(Cl)c(Cl)c2)cc1)NCC1CCCO1. The summed E-state index contributed by atoms with van der Waals surface area (Å²) in [6, 6.07) is 10.7.